The summed E-state index contributed by atoms with van der Waals surface area (Å²) in [5, 5.41) is 22.8. The number of rotatable bonds is 4. The third-order valence-electron chi connectivity index (χ3n) is 2.67. The molecule has 0 bridgehead atoms. The largest absolute Gasteiger partial charge is 0.480 e. The second-order valence-corrected chi connectivity index (χ2v) is 3.94. The number of hydrogen-bond donors (Lipinski definition) is 4. The maximum atomic E-state index is 11.7. The molecule has 16 heavy (non-hydrogen) atoms. The van der Waals surface area contributed by atoms with Crippen molar-refractivity contribution >= 4 is 11.9 Å². The Morgan fingerprint density at radius 1 is 1.38 bits per heavy atom. The number of nitrogens with one attached hydrogen (secondary N) is 2. The van der Waals surface area contributed by atoms with Crippen molar-refractivity contribution in [2.45, 2.75) is 37.8 Å². The summed E-state index contributed by atoms with van der Waals surface area (Å²) in [6, 6.07) is -1.55. The van der Waals surface area contributed by atoms with E-state index in [9.17, 15) is 9.59 Å². The molecule has 1 heterocycles. The summed E-state index contributed by atoms with van der Waals surface area (Å²) in [5.74, 6) is -1.56. The highest BCUT2D eigenvalue weighted by Gasteiger charge is 2.24. The number of carboxylic acids is 1. The van der Waals surface area contributed by atoms with Gasteiger partial charge >= 0.3 is 5.97 Å². The molecule has 0 aromatic carbocycles. The highest BCUT2D eigenvalue weighted by molar-refractivity contribution is 5.86. The van der Waals surface area contributed by atoms with Crippen LogP contribution < -0.4 is 10.6 Å². The molecule has 0 radical (unpaired) electrons. The zero-order chi connectivity index (χ0) is 12.0. The van der Waals surface area contributed by atoms with E-state index in [4.69, 9.17) is 10.2 Å². The lowest BCUT2D eigenvalue weighted by Gasteiger charge is -2.18. The third-order valence-corrected chi connectivity index (χ3v) is 2.67. The van der Waals surface area contributed by atoms with Crippen molar-refractivity contribution in [3.05, 3.63) is 0 Å². The molecule has 2 unspecified atom stereocenters. The molecule has 0 aliphatic carbocycles. The summed E-state index contributed by atoms with van der Waals surface area (Å²) >= 11 is 0. The van der Waals surface area contributed by atoms with Gasteiger partial charge in [0, 0.05) is 0 Å². The molecule has 1 amide bonds. The van der Waals surface area contributed by atoms with Crippen LogP contribution >= 0.6 is 0 Å². The maximum absolute atomic E-state index is 11.7. The van der Waals surface area contributed by atoms with E-state index in [1.807, 2.05) is 0 Å². The van der Waals surface area contributed by atoms with Gasteiger partial charge in [0.1, 0.15) is 6.04 Å². The van der Waals surface area contributed by atoms with E-state index >= 15 is 0 Å². The summed E-state index contributed by atoms with van der Waals surface area (Å²) in [6.45, 7) is 0.183. The lowest BCUT2D eigenvalue weighted by Crippen LogP contribution is -2.51. The lowest BCUT2D eigenvalue weighted by atomic mass is 10.1. The zero-order valence-corrected chi connectivity index (χ0v) is 9.11. The van der Waals surface area contributed by atoms with Crippen LogP contribution in [0.5, 0.6) is 0 Å². The predicted molar refractivity (Wildman–Crippen MR) is 56.9 cm³/mol. The fraction of sp³-hybridized carbons (Fsp3) is 0.800. The van der Waals surface area contributed by atoms with Gasteiger partial charge in [0.2, 0.25) is 5.91 Å². The number of aliphatic hydroxyl groups is 1. The van der Waals surface area contributed by atoms with Crippen molar-refractivity contribution in [1.29, 1.82) is 0 Å². The van der Waals surface area contributed by atoms with Gasteiger partial charge in [-0.15, -0.1) is 0 Å². The average Bonchev–Trinajstić information content (AvgIpc) is 2.53. The molecule has 92 valence electrons. The van der Waals surface area contributed by atoms with Crippen LogP contribution in [0.4, 0.5) is 0 Å². The lowest BCUT2D eigenvalue weighted by molar-refractivity contribution is -0.143. The van der Waals surface area contributed by atoms with E-state index < -0.39 is 18.6 Å². The Morgan fingerprint density at radius 2 is 2.12 bits per heavy atom. The van der Waals surface area contributed by atoms with Crippen molar-refractivity contribution in [2.75, 3.05) is 13.2 Å². The molecule has 6 nitrogen and oxygen atoms in total. The molecular formula is C10H18N2O4. The molecule has 2 atom stereocenters. The number of carbonyl (C=O) groups excluding carboxylic acids is 1. The number of hydrogen-bond acceptors (Lipinski definition) is 4. The average molecular weight is 230 g/mol. The van der Waals surface area contributed by atoms with Gasteiger partial charge in [-0.1, -0.05) is 12.8 Å². The Morgan fingerprint density at radius 3 is 2.75 bits per heavy atom. The number of carboxylic acid groups (broad SMARTS) is 1. The Labute approximate surface area is 94.0 Å². The molecule has 0 spiro atoms. The second kappa shape index (κ2) is 6.44. The molecule has 1 aliphatic heterocycles. The van der Waals surface area contributed by atoms with Crippen molar-refractivity contribution < 1.29 is 19.8 Å². The van der Waals surface area contributed by atoms with Gasteiger partial charge < -0.3 is 20.8 Å². The van der Waals surface area contributed by atoms with Crippen LogP contribution in [0, 0.1) is 0 Å². The van der Waals surface area contributed by atoms with Crippen LogP contribution in [0.15, 0.2) is 0 Å². The minimum atomic E-state index is -1.22. The first-order valence-electron chi connectivity index (χ1n) is 5.52. The van der Waals surface area contributed by atoms with Crippen LogP contribution in [0.25, 0.3) is 0 Å². The molecule has 1 rings (SSSR count). The van der Waals surface area contributed by atoms with Gasteiger partial charge in [-0.25, -0.2) is 4.79 Å². The molecular weight excluding hydrogens is 212 g/mol. The Kier molecular flexibility index (Phi) is 5.21. The summed E-state index contributed by atoms with van der Waals surface area (Å²) in [4.78, 5) is 22.3. The van der Waals surface area contributed by atoms with Gasteiger partial charge in [0.05, 0.1) is 12.6 Å². The van der Waals surface area contributed by atoms with E-state index in [1.54, 1.807) is 0 Å². The van der Waals surface area contributed by atoms with Crippen LogP contribution in [0.3, 0.4) is 0 Å². The molecule has 0 aromatic heterocycles. The summed E-state index contributed by atoms with van der Waals surface area (Å²) in [6.07, 6.45) is 3.79. The minimum Gasteiger partial charge on any atom is -0.480 e. The van der Waals surface area contributed by atoms with Crippen LogP contribution in [-0.2, 0) is 9.59 Å². The first kappa shape index (κ1) is 12.9. The van der Waals surface area contributed by atoms with Crippen LogP contribution in [0.1, 0.15) is 25.7 Å². The monoisotopic (exact) mass is 230 g/mol. The molecule has 1 aliphatic rings. The van der Waals surface area contributed by atoms with Gasteiger partial charge in [-0.05, 0) is 19.4 Å². The van der Waals surface area contributed by atoms with E-state index in [-0.39, 0.29) is 11.9 Å². The molecule has 1 fully saturated rings. The van der Waals surface area contributed by atoms with Crippen molar-refractivity contribution in [1.82, 2.24) is 10.6 Å². The van der Waals surface area contributed by atoms with Crippen LogP contribution in [-0.4, -0.2) is 47.3 Å². The third kappa shape index (κ3) is 3.79. The van der Waals surface area contributed by atoms with Crippen molar-refractivity contribution in [3.8, 4) is 0 Å². The Bertz CT molecular complexity index is 249. The number of amides is 1. The van der Waals surface area contributed by atoms with Gasteiger partial charge in [0.15, 0.2) is 0 Å². The number of aliphatic carboxylic acids is 1. The molecule has 0 aromatic rings. The predicted octanol–water partition coefficient (Wildman–Crippen LogP) is -0.920. The minimum absolute atomic E-state index is 0.337. The summed E-state index contributed by atoms with van der Waals surface area (Å²) in [5.41, 5.74) is 0. The molecule has 4 N–H and O–H groups in total. The first-order chi connectivity index (χ1) is 7.65. The summed E-state index contributed by atoms with van der Waals surface area (Å²) < 4.78 is 0. The Balaban J connectivity index is 2.46. The Hall–Kier alpha value is -1.14. The highest BCUT2D eigenvalue weighted by Crippen LogP contribution is 2.08. The second-order valence-electron chi connectivity index (χ2n) is 3.94. The number of aliphatic hydroxyl groups excluding tert-OH is 1. The van der Waals surface area contributed by atoms with Crippen LogP contribution in [0.2, 0.25) is 0 Å². The highest BCUT2D eigenvalue weighted by atomic mass is 16.4. The van der Waals surface area contributed by atoms with E-state index in [2.05, 4.69) is 10.6 Å². The number of carbonyl (C=O) groups is 2. The van der Waals surface area contributed by atoms with Crippen molar-refractivity contribution in [3.63, 3.8) is 0 Å². The van der Waals surface area contributed by atoms with Crippen molar-refractivity contribution in [2.24, 2.45) is 0 Å². The smallest absolute Gasteiger partial charge is 0.328 e. The quantitative estimate of drug-likeness (QED) is 0.500. The zero-order valence-electron chi connectivity index (χ0n) is 9.11. The summed E-state index contributed by atoms with van der Waals surface area (Å²) in [7, 11) is 0. The van der Waals surface area contributed by atoms with Gasteiger partial charge in [-0.2, -0.15) is 0 Å². The standard InChI is InChI=1S/C10H18N2O4/c13-6-8(10(15)16)12-9(14)7-4-2-1-3-5-11-7/h7-8,11,13H,1-6H2,(H,12,14)(H,15,16). The van der Waals surface area contributed by atoms with E-state index in [0.29, 0.717) is 6.42 Å². The fourth-order valence-corrected chi connectivity index (χ4v) is 1.71. The topological polar surface area (TPSA) is 98.7 Å². The molecule has 6 heteroatoms. The van der Waals surface area contributed by atoms with Gasteiger partial charge in [0.25, 0.3) is 0 Å². The fourth-order valence-electron chi connectivity index (χ4n) is 1.71. The van der Waals surface area contributed by atoms with E-state index in [0.717, 1.165) is 25.8 Å². The SMILES string of the molecule is O=C(O)C(CO)NC(=O)C1CCCCCN1. The van der Waals surface area contributed by atoms with Gasteiger partial charge in [-0.3, -0.25) is 4.79 Å². The van der Waals surface area contributed by atoms with E-state index in [1.165, 1.54) is 0 Å². The normalized spacial score (nSPS) is 23.2. The molecule has 0 saturated carbocycles. The maximum Gasteiger partial charge on any atom is 0.328 e. The molecule has 1 saturated heterocycles. The first-order valence-corrected chi connectivity index (χ1v) is 5.52.